The highest BCUT2D eigenvalue weighted by atomic mass is 16.2. The second-order valence-corrected chi connectivity index (χ2v) is 7.19. The first-order chi connectivity index (χ1) is 11.6. The molecule has 2 aliphatic rings. The Bertz CT molecular complexity index is 819. The summed E-state index contributed by atoms with van der Waals surface area (Å²) in [4.78, 5) is 20.4. The molecule has 24 heavy (non-hydrogen) atoms. The second kappa shape index (κ2) is 5.78. The predicted octanol–water partition coefficient (Wildman–Crippen LogP) is 2.91. The van der Waals surface area contributed by atoms with E-state index in [1.807, 2.05) is 11.9 Å². The molecule has 4 rings (SSSR count). The topological polar surface area (TPSA) is 39.3 Å². The number of hydrogen-bond donors (Lipinski definition) is 1. The second-order valence-electron chi connectivity index (χ2n) is 7.19. The minimum absolute atomic E-state index is 0.0476. The lowest BCUT2D eigenvalue weighted by Gasteiger charge is -2.40. The molecule has 0 radical (unpaired) electrons. The molecule has 4 heteroatoms. The van der Waals surface area contributed by atoms with Crippen LogP contribution < -0.4 is 0 Å². The lowest BCUT2D eigenvalue weighted by molar-refractivity contribution is -0.133. The number of aromatic nitrogens is 1. The van der Waals surface area contributed by atoms with Gasteiger partial charge in [0.15, 0.2) is 0 Å². The van der Waals surface area contributed by atoms with E-state index in [2.05, 4.69) is 54.3 Å². The molecule has 126 valence electrons. The Kier molecular flexibility index (Phi) is 3.72. The maximum atomic E-state index is 12.8. The van der Waals surface area contributed by atoms with Crippen LogP contribution in [0.5, 0.6) is 0 Å². The van der Waals surface area contributed by atoms with E-state index < -0.39 is 0 Å². The molecule has 1 aliphatic heterocycles. The summed E-state index contributed by atoms with van der Waals surface area (Å²) in [5.74, 6) is 0.190. The van der Waals surface area contributed by atoms with Gasteiger partial charge in [-0.25, -0.2) is 0 Å². The van der Waals surface area contributed by atoms with Crippen LogP contribution in [0.25, 0.3) is 16.5 Å². The standard InChI is InChI=1S/C20H25N3O/c1-4-8-22(2)20(24)14-9-16-15-6-5-7-17-19(15)13(11-21-17)10-18(16)23(3)12-14/h5-7,9,11,14,18,21H,4,8,10,12H2,1-3H3. The summed E-state index contributed by atoms with van der Waals surface area (Å²) in [7, 11) is 4.07. The van der Waals surface area contributed by atoms with Crippen molar-refractivity contribution in [2.75, 3.05) is 27.2 Å². The number of carbonyl (C=O) groups is 1. The Balaban J connectivity index is 1.77. The SMILES string of the molecule is CCCN(C)C(=O)C1C=C2c3cccc4[nH]cc(c34)CC2N(C)C1. The van der Waals surface area contributed by atoms with Crippen LogP contribution >= 0.6 is 0 Å². The summed E-state index contributed by atoms with van der Waals surface area (Å²) >= 11 is 0. The van der Waals surface area contributed by atoms with Crippen LogP contribution in [0, 0.1) is 5.92 Å². The van der Waals surface area contributed by atoms with Crippen molar-refractivity contribution in [1.82, 2.24) is 14.8 Å². The number of rotatable bonds is 3. The quantitative estimate of drug-likeness (QED) is 0.943. The first kappa shape index (κ1) is 15.5. The van der Waals surface area contributed by atoms with E-state index in [1.165, 1.54) is 27.6 Å². The van der Waals surface area contributed by atoms with Crippen LogP contribution in [0.4, 0.5) is 0 Å². The number of nitrogens with zero attached hydrogens (tertiary/aromatic N) is 2. The monoisotopic (exact) mass is 323 g/mol. The van der Waals surface area contributed by atoms with Crippen molar-refractivity contribution in [2.24, 2.45) is 5.92 Å². The highest BCUT2D eigenvalue weighted by Gasteiger charge is 2.36. The van der Waals surface area contributed by atoms with Crippen LogP contribution in [0.15, 0.2) is 30.5 Å². The van der Waals surface area contributed by atoms with E-state index in [1.54, 1.807) is 0 Å². The van der Waals surface area contributed by atoms with Gasteiger partial charge in [-0.3, -0.25) is 9.69 Å². The van der Waals surface area contributed by atoms with E-state index in [-0.39, 0.29) is 11.8 Å². The first-order valence-electron chi connectivity index (χ1n) is 8.86. The highest BCUT2D eigenvalue weighted by molar-refractivity contribution is 5.99. The van der Waals surface area contributed by atoms with Crippen LogP contribution in [0.2, 0.25) is 0 Å². The molecule has 0 saturated heterocycles. The summed E-state index contributed by atoms with van der Waals surface area (Å²) < 4.78 is 0. The molecule has 0 fully saturated rings. The number of hydrogen-bond acceptors (Lipinski definition) is 2. The van der Waals surface area contributed by atoms with Gasteiger partial charge < -0.3 is 9.88 Å². The molecule has 0 saturated carbocycles. The molecule has 1 aromatic heterocycles. The Morgan fingerprint density at radius 3 is 3.04 bits per heavy atom. The third kappa shape index (κ3) is 2.28. The third-order valence-corrected chi connectivity index (χ3v) is 5.52. The van der Waals surface area contributed by atoms with Gasteiger partial charge in [-0.2, -0.15) is 0 Å². The molecule has 2 aromatic rings. The summed E-state index contributed by atoms with van der Waals surface area (Å²) in [6, 6.07) is 6.82. The van der Waals surface area contributed by atoms with Crippen molar-refractivity contribution in [3.8, 4) is 0 Å². The maximum Gasteiger partial charge on any atom is 0.230 e. The number of amides is 1. The minimum Gasteiger partial charge on any atom is -0.361 e. The van der Waals surface area contributed by atoms with E-state index in [4.69, 9.17) is 0 Å². The third-order valence-electron chi connectivity index (χ3n) is 5.52. The average Bonchev–Trinajstić information content (AvgIpc) is 3.00. The van der Waals surface area contributed by atoms with Crippen molar-refractivity contribution >= 4 is 22.4 Å². The van der Waals surface area contributed by atoms with Gasteiger partial charge in [0.05, 0.1) is 5.92 Å². The van der Waals surface area contributed by atoms with E-state index >= 15 is 0 Å². The lowest BCUT2D eigenvalue weighted by Crippen LogP contribution is -2.47. The largest absolute Gasteiger partial charge is 0.361 e. The Morgan fingerprint density at radius 1 is 1.42 bits per heavy atom. The number of benzene rings is 1. The molecule has 2 heterocycles. The van der Waals surface area contributed by atoms with Crippen LogP contribution in [-0.4, -0.2) is 53.9 Å². The smallest absolute Gasteiger partial charge is 0.230 e. The Hall–Kier alpha value is -2.07. The molecular weight excluding hydrogens is 298 g/mol. The number of fused-ring (bicyclic) bond motifs is 2. The average molecular weight is 323 g/mol. The van der Waals surface area contributed by atoms with Crippen molar-refractivity contribution in [1.29, 1.82) is 0 Å². The molecule has 2 atom stereocenters. The number of carbonyl (C=O) groups excluding carboxylic acids is 1. The number of nitrogens with one attached hydrogen (secondary N) is 1. The van der Waals surface area contributed by atoms with Gasteiger partial charge in [0, 0.05) is 43.3 Å². The predicted molar refractivity (Wildman–Crippen MR) is 97.8 cm³/mol. The molecule has 0 bridgehead atoms. The molecule has 2 unspecified atom stereocenters. The van der Waals surface area contributed by atoms with Crippen molar-refractivity contribution in [3.05, 3.63) is 41.6 Å². The van der Waals surface area contributed by atoms with Crippen LogP contribution in [-0.2, 0) is 11.2 Å². The van der Waals surface area contributed by atoms with Gasteiger partial charge in [0.1, 0.15) is 0 Å². The van der Waals surface area contributed by atoms with Crippen molar-refractivity contribution in [2.45, 2.75) is 25.8 Å². The van der Waals surface area contributed by atoms with Crippen molar-refractivity contribution in [3.63, 3.8) is 0 Å². The molecule has 1 N–H and O–H groups in total. The summed E-state index contributed by atoms with van der Waals surface area (Å²) in [5, 5.41) is 1.34. The summed E-state index contributed by atoms with van der Waals surface area (Å²) in [6.45, 7) is 3.74. The Labute approximate surface area is 143 Å². The van der Waals surface area contributed by atoms with Gasteiger partial charge in [-0.1, -0.05) is 25.1 Å². The van der Waals surface area contributed by atoms with Crippen LogP contribution in [0.1, 0.15) is 24.5 Å². The number of aromatic amines is 1. The fraction of sp³-hybridized carbons (Fsp3) is 0.450. The van der Waals surface area contributed by atoms with E-state index in [9.17, 15) is 4.79 Å². The fourth-order valence-corrected chi connectivity index (χ4v) is 4.33. The van der Waals surface area contributed by atoms with E-state index in [0.717, 1.165) is 25.9 Å². The van der Waals surface area contributed by atoms with Crippen LogP contribution in [0.3, 0.4) is 0 Å². The minimum atomic E-state index is -0.0476. The fourth-order valence-electron chi connectivity index (χ4n) is 4.33. The number of H-pyrrole nitrogens is 1. The molecule has 1 aliphatic carbocycles. The zero-order valence-corrected chi connectivity index (χ0v) is 14.7. The highest BCUT2D eigenvalue weighted by Crippen LogP contribution is 2.40. The zero-order valence-electron chi connectivity index (χ0n) is 14.7. The zero-order chi connectivity index (χ0) is 16.8. The molecule has 0 spiro atoms. The van der Waals surface area contributed by atoms with Gasteiger partial charge in [-0.15, -0.1) is 0 Å². The number of likely N-dealkylation sites (N-methyl/N-ethyl adjacent to an activating group) is 1. The van der Waals surface area contributed by atoms with Gasteiger partial charge in [0.25, 0.3) is 0 Å². The van der Waals surface area contributed by atoms with Gasteiger partial charge in [-0.05, 0) is 42.7 Å². The lowest BCUT2D eigenvalue weighted by atomic mass is 9.79. The first-order valence-corrected chi connectivity index (χ1v) is 8.86. The molecule has 1 amide bonds. The summed E-state index contributed by atoms with van der Waals surface area (Å²) in [5.41, 5.74) is 5.20. The van der Waals surface area contributed by atoms with Gasteiger partial charge >= 0.3 is 0 Å². The summed E-state index contributed by atoms with van der Waals surface area (Å²) in [6.07, 6.45) is 6.40. The van der Waals surface area contributed by atoms with Crippen molar-refractivity contribution < 1.29 is 4.79 Å². The molecule has 4 nitrogen and oxygen atoms in total. The van der Waals surface area contributed by atoms with E-state index in [0.29, 0.717) is 6.04 Å². The molecular formula is C20H25N3O. The Morgan fingerprint density at radius 2 is 2.25 bits per heavy atom. The van der Waals surface area contributed by atoms with Gasteiger partial charge in [0.2, 0.25) is 5.91 Å². The molecule has 1 aromatic carbocycles. The maximum absolute atomic E-state index is 12.8. The normalized spacial score (nSPS) is 23.0.